The van der Waals surface area contributed by atoms with E-state index >= 15 is 0 Å². The fourth-order valence-electron chi connectivity index (χ4n) is 1.90. The van der Waals surface area contributed by atoms with Gasteiger partial charge in [0.1, 0.15) is 23.3 Å². The Hall–Kier alpha value is -1.34. The molecule has 0 spiro atoms. The van der Waals surface area contributed by atoms with E-state index in [2.05, 4.69) is 26.1 Å². The monoisotopic (exact) mass is 345 g/mol. The number of nitrogens with zero attached hydrogens (tertiary/aromatic N) is 3. The first kappa shape index (κ1) is 15.1. The number of ether oxygens (including phenoxy) is 1. The van der Waals surface area contributed by atoms with Crippen molar-refractivity contribution in [3.8, 4) is 0 Å². The van der Waals surface area contributed by atoms with Gasteiger partial charge in [-0.3, -0.25) is 0 Å². The predicted octanol–water partition coefficient (Wildman–Crippen LogP) is 2.69. The molecule has 0 aliphatic rings. The van der Waals surface area contributed by atoms with Crippen molar-refractivity contribution in [3.05, 3.63) is 47.0 Å². The normalized spacial score (nSPS) is 11.0. The van der Waals surface area contributed by atoms with E-state index in [9.17, 15) is 8.78 Å². The van der Waals surface area contributed by atoms with Crippen LogP contribution in [-0.4, -0.2) is 28.5 Å². The number of alkyl halides is 1. The summed E-state index contributed by atoms with van der Waals surface area (Å²) in [5, 5.41) is 8.54. The average Bonchev–Trinajstić information content (AvgIpc) is 2.82. The number of methoxy groups -OCH3 is 1. The van der Waals surface area contributed by atoms with Crippen molar-refractivity contribution in [1.82, 2.24) is 14.8 Å². The lowest BCUT2D eigenvalue weighted by molar-refractivity contribution is 0.185. The van der Waals surface area contributed by atoms with Crippen molar-refractivity contribution in [1.29, 1.82) is 0 Å². The Morgan fingerprint density at radius 3 is 2.45 bits per heavy atom. The molecular formula is C13H14BrF2N3O. The van der Waals surface area contributed by atoms with Gasteiger partial charge in [0, 0.05) is 25.6 Å². The molecule has 2 aromatic rings. The Bertz CT molecular complexity index is 569. The van der Waals surface area contributed by atoms with Crippen LogP contribution in [0.4, 0.5) is 8.78 Å². The number of rotatable bonds is 6. The molecule has 0 aliphatic heterocycles. The molecular weight excluding hydrogens is 332 g/mol. The van der Waals surface area contributed by atoms with E-state index in [0.717, 1.165) is 0 Å². The summed E-state index contributed by atoms with van der Waals surface area (Å²) in [5.41, 5.74) is -0.000288. The number of hydrogen-bond acceptors (Lipinski definition) is 3. The van der Waals surface area contributed by atoms with E-state index in [0.29, 0.717) is 30.1 Å². The minimum atomic E-state index is -0.577. The summed E-state index contributed by atoms with van der Waals surface area (Å²) in [6, 6.07) is 3.81. The van der Waals surface area contributed by atoms with E-state index in [1.165, 1.54) is 18.2 Å². The largest absolute Gasteiger partial charge is 0.383 e. The molecule has 1 aromatic heterocycles. The second-order valence-electron chi connectivity index (χ2n) is 4.19. The highest BCUT2D eigenvalue weighted by atomic mass is 79.9. The van der Waals surface area contributed by atoms with Crippen molar-refractivity contribution >= 4 is 15.9 Å². The van der Waals surface area contributed by atoms with Gasteiger partial charge in [-0.25, -0.2) is 8.78 Å². The van der Waals surface area contributed by atoms with Crippen molar-refractivity contribution in [2.45, 2.75) is 18.3 Å². The summed E-state index contributed by atoms with van der Waals surface area (Å²) in [5.74, 6) is 0.0627. The van der Waals surface area contributed by atoms with Crippen LogP contribution in [-0.2, 0) is 23.0 Å². The van der Waals surface area contributed by atoms with E-state index in [4.69, 9.17) is 4.74 Å². The average molecular weight is 346 g/mol. The molecule has 0 amide bonds. The molecule has 0 atom stereocenters. The second kappa shape index (κ2) is 6.90. The SMILES string of the molecule is COCCn1c(CBr)nnc1Cc1c(F)cccc1F. The first-order valence-corrected chi connectivity index (χ1v) is 7.18. The van der Waals surface area contributed by atoms with Gasteiger partial charge >= 0.3 is 0 Å². The van der Waals surface area contributed by atoms with Crippen LogP contribution in [0, 0.1) is 11.6 Å². The Morgan fingerprint density at radius 2 is 1.85 bits per heavy atom. The smallest absolute Gasteiger partial charge is 0.143 e. The van der Waals surface area contributed by atoms with Gasteiger partial charge in [-0.05, 0) is 12.1 Å². The summed E-state index contributed by atoms with van der Waals surface area (Å²) in [4.78, 5) is 0. The zero-order chi connectivity index (χ0) is 14.5. The second-order valence-corrected chi connectivity index (χ2v) is 4.75. The first-order chi connectivity index (χ1) is 9.67. The molecule has 2 rings (SSSR count). The maximum atomic E-state index is 13.7. The minimum Gasteiger partial charge on any atom is -0.383 e. The molecule has 108 valence electrons. The first-order valence-electron chi connectivity index (χ1n) is 6.06. The number of hydrogen-bond donors (Lipinski definition) is 0. The number of benzene rings is 1. The van der Waals surface area contributed by atoms with Crippen molar-refractivity contribution in [2.24, 2.45) is 0 Å². The Balaban J connectivity index is 2.31. The van der Waals surface area contributed by atoms with Crippen molar-refractivity contribution in [3.63, 3.8) is 0 Å². The van der Waals surface area contributed by atoms with Gasteiger partial charge in [0.05, 0.1) is 11.9 Å². The fraction of sp³-hybridized carbons (Fsp3) is 0.385. The zero-order valence-corrected chi connectivity index (χ0v) is 12.5. The third-order valence-electron chi connectivity index (χ3n) is 2.94. The Morgan fingerprint density at radius 1 is 1.20 bits per heavy atom. The molecule has 4 nitrogen and oxygen atoms in total. The Kier molecular flexibility index (Phi) is 5.19. The highest BCUT2D eigenvalue weighted by Crippen LogP contribution is 2.17. The number of aromatic nitrogens is 3. The zero-order valence-electron chi connectivity index (χ0n) is 10.9. The van der Waals surface area contributed by atoms with Crippen LogP contribution in [0.5, 0.6) is 0 Å². The molecule has 0 saturated carbocycles. The van der Waals surface area contributed by atoms with Gasteiger partial charge in [0.25, 0.3) is 0 Å². The van der Waals surface area contributed by atoms with Crippen LogP contribution in [0.25, 0.3) is 0 Å². The third-order valence-corrected chi connectivity index (χ3v) is 3.44. The molecule has 0 unspecified atom stereocenters. The van der Waals surface area contributed by atoms with E-state index in [-0.39, 0.29) is 12.0 Å². The quantitative estimate of drug-likeness (QED) is 0.755. The molecule has 20 heavy (non-hydrogen) atoms. The Labute approximate surface area is 123 Å². The van der Waals surface area contributed by atoms with Crippen LogP contribution < -0.4 is 0 Å². The maximum Gasteiger partial charge on any atom is 0.143 e. The molecule has 1 aromatic carbocycles. The van der Waals surface area contributed by atoms with Crippen LogP contribution in [0.3, 0.4) is 0 Å². The summed E-state index contributed by atoms with van der Waals surface area (Å²) >= 11 is 3.32. The molecule has 0 bridgehead atoms. The van der Waals surface area contributed by atoms with Crippen LogP contribution in [0.2, 0.25) is 0 Å². The number of halogens is 3. The molecule has 7 heteroatoms. The van der Waals surface area contributed by atoms with Gasteiger partial charge < -0.3 is 9.30 Å². The lowest BCUT2D eigenvalue weighted by Crippen LogP contribution is -2.12. The van der Waals surface area contributed by atoms with Crippen LogP contribution >= 0.6 is 15.9 Å². The molecule has 0 saturated heterocycles. The predicted molar refractivity (Wildman–Crippen MR) is 73.7 cm³/mol. The maximum absolute atomic E-state index is 13.7. The van der Waals surface area contributed by atoms with Gasteiger partial charge in [-0.1, -0.05) is 22.0 Å². The van der Waals surface area contributed by atoms with Gasteiger partial charge in [0.2, 0.25) is 0 Å². The molecule has 0 radical (unpaired) electrons. The van der Waals surface area contributed by atoms with Gasteiger partial charge in [0.15, 0.2) is 0 Å². The lowest BCUT2D eigenvalue weighted by atomic mass is 10.1. The van der Waals surface area contributed by atoms with Crippen molar-refractivity contribution in [2.75, 3.05) is 13.7 Å². The topological polar surface area (TPSA) is 39.9 Å². The van der Waals surface area contributed by atoms with Gasteiger partial charge in [-0.2, -0.15) is 0 Å². The minimum absolute atomic E-state index is 0.000288. The summed E-state index contributed by atoms with van der Waals surface area (Å²) in [7, 11) is 1.59. The summed E-state index contributed by atoms with van der Waals surface area (Å²) in [6.07, 6.45) is 0.0578. The summed E-state index contributed by atoms with van der Waals surface area (Å²) in [6.45, 7) is 1.01. The highest BCUT2D eigenvalue weighted by Gasteiger charge is 2.16. The fourth-order valence-corrected chi connectivity index (χ4v) is 2.32. The molecule has 0 fully saturated rings. The standard InChI is InChI=1S/C13H14BrF2N3O/c1-20-6-5-19-12(17-18-13(19)8-14)7-9-10(15)3-2-4-11(9)16/h2-4H,5-8H2,1H3. The third kappa shape index (κ3) is 3.21. The van der Waals surface area contributed by atoms with Crippen LogP contribution in [0.1, 0.15) is 17.2 Å². The van der Waals surface area contributed by atoms with Gasteiger partial charge in [-0.15, -0.1) is 10.2 Å². The highest BCUT2D eigenvalue weighted by molar-refractivity contribution is 9.08. The van der Waals surface area contributed by atoms with Crippen molar-refractivity contribution < 1.29 is 13.5 Å². The lowest BCUT2D eigenvalue weighted by Gasteiger charge is -2.09. The molecule has 0 N–H and O–H groups in total. The molecule has 1 heterocycles. The molecule has 0 aliphatic carbocycles. The van der Waals surface area contributed by atoms with E-state index < -0.39 is 11.6 Å². The summed E-state index contributed by atoms with van der Waals surface area (Å²) < 4.78 is 34.2. The van der Waals surface area contributed by atoms with E-state index in [1.54, 1.807) is 7.11 Å². The van der Waals surface area contributed by atoms with E-state index in [1.807, 2.05) is 4.57 Å². The van der Waals surface area contributed by atoms with Crippen LogP contribution in [0.15, 0.2) is 18.2 Å².